The fourth-order valence-corrected chi connectivity index (χ4v) is 5.36. The van der Waals surface area contributed by atoms with Gasteiger partial charge in [-0.2, -0.15) is 0 Å². The van der Waals surface area contributed by atoms with E-state index in [2.05, 4.69) is 15.9 Å². The molecule has 0 spiro atoms. The normalized spacial score (nSPS) is 24.8. The molecule has 0 amide bonds. The topological polar surface area (TPSA) is 54.4 Å². The maximum absolute atomic E-state index is 12.7. The highest BCUT2D eigenvalue weighted by atomic mass is 79.9. The molecular formula is C16H15BrO3S. The molecule has 0 unspecified atom stereocenters. The van der Waals surface area contributed by atoms with Crippen molar-refractivity contribution < 1.29 is 13.5 Å². The van der Waals surface area contributed by atoms with Crippen molar-refractivity contribution >= 4 is 25.8 Å². The van der Waals surface area contributed by atoms with Crippen molar-refractivity contribution in [1.29, 1.82) is 0 Å². The molecular weight excluding hydrogens is 352 g/mol. The lowest BCUT2D eigenvalue weighted by molar-refractivity contribution is 0.274. The summed E-state index contributed by atoms with van der Waals surface area (Å²) in [6.45, 7) is -0.114. The third-order valence-electron chi connectivity index (χ3n) is 3.99. The van der Waals surface area contributed by atoms with E-state index in [4.69, 9.17) is 0 Å². The molecule has 0 heterocycles. The van der Waals surface area contributed by atoms with E-state index in [9.17, 15) is 13.5 Å². The zero-order valence-corrected chi connectivity index (χ0v) is 13.6. The van der Waals surface area contributed by atoms with Crippen molar-refractivity contribution in [2.45, 2.75) is 16.1 Å². The minimum atomic E-state index is -3.41. The van der Waals surface area contributed by atoms with Gasteiger partial charge < -0.3 is 5.11 Å². The molecule has 0 bridgehead atoms. The zero-order valence-electron chi connectivity index (χ0n) is 11.2. The van der Waals surface area contributed by atoms with E-state index in [1.807, 2.05) is 24.3 Å². The first kappa shape index (κ1) is 14.8. The molecule has 2 aromatic carbocycles. The molecule has 3 atom stereocenters. The SMILES string of the molecule is O=S(=O)(c1ccccc1)[C@@H]1[C@H](CO)[C@@H]1c1ccc(Br)cc1. The molecule has 1 fully saturated rings. The summed E-state index contributed by atoms with van der Waals surface area (Å²) in [5, 5.41) is 8.96. The number of aliphatic hydroxyl groups is 1. The largest absolute Gasteiger partial charge is 0.396 e. The molecule has 2 aromatic rings. The maximum Gasteiger partial charge on any atom is 0.182 e. The summed E-state index contributed by atoms with van der Waals surface area (Å²) in [6.07, 6.45) is 0. The van der Waals surface area contributed by atoms with Crippen LogP contribution in [-0.4, -0.2) is 25.4 Å². The molecule has 5 heteroatoms. The van der Waals surface area contributed by atoms with Crippen molar-refractivity contribution in [1.82, 2.24) is 0 Å². The van der Waals surface area contributed by atoms with Crippen molar-refractivity contribution in [3.63, 3.8) is 0 Å². The number of hydrogen-bond donors (Lipinski definition) is 1. The number of benzene rings is 2. The molecule has 3 nitrogen and oxygen atoms in total. The van der Waals surface area contributed by atoms with Gasteiger partial charge in [0.05, 0.1) is 10.1 Å². The van der Waals surface area contributed by atoms with Crippen LogP contribution in [0.25, 0.3) is 0 Å². The number of sulfone groups is 1. The Balaban J connectivity index is 1.94. The number of hydrogen-bond acceptors (Lipinski definition) is 3. The van der Waals surface area contributed by atoms with Crippen LogP contribution >= 0.6 is 15.9 Å². The zero-order chi connectivity index (χ0) is 15.0. The fourth-order valence-electron chi connectivity index (χ4n) is 2.87. The lowest BCUT2D eigenvalue weighted by Crippen LogP contribution is -2.11. The van der Waals surface area contributed by atoms with Crippen LogP contribution < -0.4 is 0 Å². The smallest absolute Gasteiger partial charge is 0.182 e. The molecule has 0 aliphatic heterocycles. The predicted molar refractivity (Wildman–Crippen MR) is 84.9 cm³/mol. The Morgan fingerprint density at radius 3 is 2.19 bits per heavy atom. The highest BCUT2D eigenvalue weighted by Gasteiger charge is 2.58. The van der Waals surface area contributed by atoms with Crippen LogP contribution in [0.5, 0.6) is 0 Å². The van der Waals surface area contributed by atoms with Crippen molar-refractivity contribution in [3.05, 3.63) is 64.6 Å². The van der Waals surface area contributed by atoms with E-state index >= 15 is 0 Å². The van der Waals surface area contributed by atoms with E-state index in [1.165, 1.54) is 0 Å². The Bertz CT molecular complexity index is 726. The van der Waals surface area contributed by atoms with Gasteiger partial charge in [-0.15, -0.1) is 0 Å². The van der Waals surface area contributed by atoms with Gasteiger partial charge in [0, 0.05) is 22.9 Å². The monoisotopic (exact) mass is 366 g/mol. The quantitative estimate of drug-likeness (QED) is 0.904. The molecule has 0 saturated heterocycles. The molecule has 3 rings (SSSR count). The Labute approximate surface area is 132 Å². The Kier molecular flexibility index (Phi) is 3.90. The lowest BCUT2D eigenvalue weighted by Gasteiger charge is -2.04. The summed E-state index contributed by atoms with van der Waals surface area (Å²) < 4.78 is 26.3. The first-order chi connectivity index (χ1) is 10.1. The van der Waals surface area contributed by atoms with Gasteiger partial charge in [-0.3, -0.25) is 0 Å². The Hall–Kier alpha value is -1.17. The van der Waals surface area contributed by atoms with Gasteiger partial charge in [0.25, 0.3) is 0 Å². The van der Waals surface area contributed by atoms with Crippen LogP contribution in [0.4, 0.5) is 0 Å². The fraction of sp³-hybridized carbons (Fsp3) is 0.250. The van der Waals surface area contributed by atoms with E-state index in [1.54, 1.807) is 30.3 Å². The summed E-state index contributed by atoms with van der Waals surface area (Å²) in [5.74, 6) is -0.357. The molecule has 0 aromatic heterocycles. The summed E-state index contributed by atoms with van der Waals surface area (Å²) in [7, 11) is -3.41. The summed E-state index contributed by atoms with van der Waals surface area (Å²) >= 11 is 3.37. The Morgan fingerprint density at radius 1 is 1.00 bits per heavy atom. The molecule has 1 N–H and O–H groups in total. The minimum Gasteiger partial charge on any atom is -0.396 e. The van der Waals surface area contributed by atoms with Crippen LogP contribution in [0.1, 0.15) is 11.5 Å². The summed E-state index contributed by atoms with van der Waals surface area (Å²) in [6, 6.07) is 16.1. The van der Waals surface area contributed by atoms with Crippen LogP contribution in [0.15, 0.2) is 64.0 Å². The molecule has 0 radical (unpaired) electrons. The van der Waals surface area contributed by atoms with Crippen LogP contribution in [0, 0.1) is 5.92 Å². The van der Waals surface area contributed by atoms with Crippen LogP contribution in [-0.2, 0) is 9.84 Å². The van der Waals surface area contributed by atoms with Gasteiger partial charge in [-0.1, -0.05) is 46.3 Å². The predicted octanol–water partition coefficient (Wildman–Crippen LogP) is 3.00. The average molecular weight is 367 g/mol. The molecule has 1 saturated carbocycles. The maximum atomic E-state index is 12.7. The summed E-state index contributed by atoms with van der Waals surface area (Å²) in [5.41, 5.74) is 0.960. The highest BCUT2D eigenvalue weighted by molar-refractivity contribution is 9.10. The van der Waals surface area contributed by atoms with E-state index < -0.39 is 15.1 Å². The minimum absolute atomic E-state index is 0.114. The van der Waals surface area contributed by atoms with Gasteiger partial charge >= 0.3 is 0 Å². The van der Waals surface area contributed by atoms with Crippen LogP contribution in [0.3, 0.4) is 0 Å². The number of rotatable bonds is 4. The second kappa shape index (κ2) is 5.55. The molecule has 110 valence electrons. The highest BCUT2D eigenvalue weighted by Crippen LogP contribution is 2.53. The van der Waals surface area contributed by atoms with E-state index in [0.717, 1.165) is 10.0 Å². The Morgan fingerprint density at radius 2 is 1.62 bits per heavy atom. The van der Waals surface area contributed by atoms with E-state index in [0.29, 0.717) is 4.90 Å². The third-order valence-corrected chi connectivity index (χ3v) is 6.81. The second-order valence-electron chi connectivity index (χ2n) is 5.25. The summed E-state index contributed by atoms with van der Waals surface area (Å²) in [4.78, 5) is 0.327. The molecule has 21 heavy (non-hydrogen) atoms. The molecule has 1 aliphatic carbocycles. The van der Waals surface area contributed by atoms with Gasteiger partial charge in [0.15, 0.2) is 9.84 Å². The number of aliphatic hydroxyl groups excluding tert-OH is 1. The first-order valence-corrected chi connectivity index (χ1v) is 9.05. The van der Waals surface area contributed by atoms with Crippen molar-refractivity contribution in [2.24, 2.45) is 5.92 Å². The van der Waals surface area contributed by atoms with Crippen molar-refractivity contribution in [3.8, 4) is 0 Å². The van der Waals surface area contributed by atoms with E-state index in [-0.39, 0.29) is 18.4 Å². The lowest BCUT2D eigenvalue weighted by atomic mass is 10.1. The van der Waals surface area contributed by atoms with Crippen LogP contribution in [0.2, 0.25) is 0 Å². The molecule has 1 aliphatic rings. The van der Waals surface area contributed by atoms with Gasteiger partial charge in [0.1, 0.15) is 0 Å². The third kappa shape index (κ3) is 2.65. The van der Waals surface area contributed by atoms with Gasteiger partial charge in [-0.25, -0.2) is 8.42 Å². The average Bonchev–Trinajstić information content (AvgIpc) is 3.24. The standard InChI is InChI=1S/C16H15BrO3S/c17-12-8-6-11(7-9-12)15-14(10-18)16(15)21(19,20)13-4-2-1-3-5-13/h1-9,14-16,18H,10H2/t14-,15+,16-/m1/s1. The van der Waals surface area contributed by atoms with Gasteiger partial charge in [-0.05, 0) is 29.8 Å². The van der Waals surface area contributed by atoms with Gasteiger partial charge in [0.2, 0.25) is 0 Å². The van der Waals surface area contributed by atoms with Crippen molar-refractivity contribution in [2.75, 3.05) is 6.61 Å². The first-order valence-electron chi connectivity index (χ1n) is 6.71. The second-order valence-corrected chi connectivity index (χ2v) is 8.27. The number of halogens is 1.